The average Bonchev–Trinajstić information content (AvgIpc) is 2.30. The number of unbranched alkanes of at least 4 members (excludes halogenated alkanes) is 1. The molecule has 0 N–H and O–H groups in total. The molecule has 0 bridgehead atoms. The first-order valence-corrected chi connectivity index (χ1v) is 5.22. The fourth-order valence-electron chi connectivity index (χ4n) is 1.06. The molecule has 0 saturated heterocycles. The minimum absolute atomic E-state index is 0. The summed E-state index contributed by atoms with van der Waals surface area (Å²) >= 11 is 0. The zero-order valence-corrected chi connectivity index (χ0v) is 13.2. The number of nitro benzene ring substituents is 1. The number of carbonyl (C=O) groups is 1. The molecule has 98 valence electrons. The van der Waals surface area contributed by atoms with Crippen LogP contribution in [0.1, 0.15) is 19.8 Å². The van der Waals surface area contributed by atoms with Crippen molar-refractivity contribution in [3.05, 3.63) is 34.4 Å². The van der Waals surface area contributed by atoms with Crippen molar-refractivity contribution in [1.29, 1.82) is 0 Å². The first-order valence-electron chi connectivity index (χ1n) is 5.22. The number of benzene rings is 1. The quantitative estimate of drug-likeness (QED) is 0.212. The van der Waals surface area contributed by atoms with Crippen LogP contribution >= 0.6 is 0 Å². The second-order valence-electron chi connectivity index (χ2n) is 3.31. The van der Waals surface area contributed by atoms with E-state index in [0.717, 1.165) is 12.8 Å². The minimum Gasteiger partial charge on any atom is -0.434 e. The number of carbonyl (C=O) groups excluding carboxylic acids is 1. The SMILES string of the molecule is CCCCOC(=O)Oc1ccc([N+](=O)[O-])cc1.[Pu]. The van der Waals surface area contributed by atoms with Gasteiger partial charge in [-0.15, -0.1) is 0 Å². The summed E-state index contributed by atoms with van der Waals surface area (Å²) in [6.07, 6.45) is 0.896. The molecule has 0 unspecified atom stereocenters. The molecule has 0 spiro atoms. The van der Waals surface area contributed by atoms with Crippen LogP contribution < -0.4 is 4.74 Å². The fourth-order valence-corrected chi connectivity index (χ4v) is 1.06. The number of non-ortho nitro benzene ring substituents is 1. The summed E-state index contributed by atoms with van der Waals surface area (Å²) in [6.45, 7) is 2.29. The third-order valence-corrected chi connectivity index (χ3v) is 1.97. The largest absolute Gasteiger partial charge is 0.513 e. The summed E-state index contributed by atoms with van der Waals surface area (Å²) in [5, 5.41) is 10.4. The molecule has 0 heterocycles. The monoisotopic (exact) mass is 477 g/mol. The Labute approximate surface area is 126 Å². The van der Waals surface area contributed by atoms with Gasteiger partial charge in [0, 0.05) is 41.3 Å². The number of nitro groups is 1. The number of hydrogen-bond acceptors (Lipinski definition) is 5. The van der Waals surface area contributed by atoms with Crippen molar-refractivity contribution in [2.75, 3.05) is 6.61 Å². The van der Waals surface area contributed by atoms with E-state index in [4.69, 9.17) is 9.47 Å². The molecule has 0 aliphatic heterocycles. The zero-order valence-electron chi connectivity index (χ0n) is 9.83. The molecule has 1 aromatic rings. The van der Waals surface area contributed by atoms with Crippen LogP contribution in [0.5, 0.6) is 5.75 Å². The first-order chi connectivity index (χ1) is 8.13. The molecule has 0 saturated carbocycles. The van der Waals surface area contributed by atoms with Crippen LogP contribution in [0.3, 0.4) is 0 Å². The Morgan fingerprint density at radius 2 is 1.94 bits per heavy atom. The first kappa shape index (κ1) is 16.9. The van der Waals surface area contributed by atoms with Crippen molar-refractivity contribution in [3.63, 3.8) is 0 Å². The van der Waals surface area contributed by atoms with Crippen LogP contribution in [-0.2, 0) is 4.74 Å². The van der Waals surface area contributed by atoms with Crippen molar-refractivity contribution in [1.82, 2.24) is 0 Å². The van der Waals surface area contributed by atoms with Gasteiger partial charge in [0.2, 0.25) is 0 Å². The Balaban J connectivity index is 0.00000289. The zero-order chi connectivity index (χ0) is 12.7. The van der Waals surface area contributed by atoms with Crippen molar-refractivity contribution >= 4 is 11.8 Å². The van der Waals surface area contributed by atoms with E-state index in [1.54, 1.807) is 0 Å². The van der Waals surface area contributed by atoms with Gasteiger partial charge >= 0.3 is 6.16 Å². The fraction of sp³-hybridized carbons (Fsp3) is 0.364. The van der Waals surface area contributed by atoms with Gasteiger partial charge < -0.3 is 9.47 Å². The molecule has 18 heavy (non-hydrogen) atoms. The van der Waals surface area contributed by atoms with Crippen molar-refractivity contribution < 1.29 is 48.4 Å². The Hall–Kier alpha value is -1.12. The molecule has 0 amide bonds. The van der Waals surface area contributed by atoms with E-state index in [9.17, 15) is 14.9 Å². The smallest absolute Gasteiger partial charge is 0.434 e. The normalized spacial score (nSPS) is 9.17. The molecule has 6 nitrogen and oxygen atoms in total. The summed E-state index contributed by atoms with van der Waals surface area (Å²) in [7, 11) is 0. The summed E-state index contributed by atoms with van der Waals surface area (Å²) in [6, 6.07) is 5.21. The van der Waals surface area contributed by atoms with Gasteiger partial charge in [-0.05, 0) is 18.6 Å². The van der Waals surface area contributed by atoms with Crippen molar-refractivity contribution in [3.8, 4) is 5.75 Å². The topological polar surface area (TPSA) is 78.7 Å². The van der Waals surface area contributed by atoms with Crippen LogP contribution in [0.15, 0.2) is 24.3 Å². The second-order valence-corrected chi connectivity index (χ2v) is 3.31. The Kier molecular flexibility index (Phi) is 8.34. The minimum atomic E-state index is -0.799. The van der Waals surface area contributed by atoms with Gasteiger partial charge in [-0.2, -0.15) is 0 Å². The molecule has 0 aromatic heterocycles. The number of nitrogens with zero attached hydrogens (tertiary/aromatic N) is 1. The molecule has 0 aliphatic carbocycles. The Bertz CT molecular complexity index is 393. The van der Waals surface area contributed by atoms with Gasteiger partial charge in [0.05, 0.1) is 11.5 Å². The number of ether oxygens (including phenoxy) is 2. The third kappa shape index (κ3) is 5.99. The predicted octanol–water partition coefficient (Wildman–Crippen LogP) is 2.91. The van der Waals surface area contributed by atoms with Crippen LogP contribution in [-0.4, -0.2) is 17.7 Å². The summed E-state index contributed by atoms with van der Waals surface area (Å²) in [5.74, 6) is 0.220. The van der Waals surface area contributed by atoms with Gasteiger partial charge in [-0.25, -0.2) is 4.79 Å². The van der Waals surface area contributed by atoms with Crippen LogP contribution in [0.4, 0.5) is 10.5 Å². The van der Waals surface area contributed by atoms with E-state index in [0.29, 0.717) is 6.61 Å². The molecular weight excluding hydrogens is 470 g/mol. The van der Waals surface area contributed by atoms with Crippen LogP contribution in [0.25, 0.3) is 0 Å². The van der Waals surface area contributed by atoms with Gasteiger partial charge in [0.1, 0.15) is 5.75 Å². The van der Waals surface area contributed by atoms with Gasteiger partial charge in [-0.3, -0.25) is 10.1 Å². The Morgan fingerprint density at radius 3 is 2.44 bits per heavy atom. The van der Waals surface area contributed by atoms with Crippen molar-refractivity contribution in [2.24, 2.45) is 0 Å². The van der Waals surface area contributed by atoms with Gasteiger partial charge in [0.25, 0.3) is 5.69 Å². The predicted molar refractivity (Wildman–Crippen MR) is 60.0 cm³/mol. The number of hydrogen-bond donors (Lipinski definition) is 0. The van der Waals surface area contributed by atoms with Crippen LogP contribution in [0.2, 0.25) is 0 Å². The molecule has 1 aromatic carbocycles. The van der Waals surface area contributed by atoms with E-state index >= 15 is 0 Å². The second kappa shape index (κ2) is 8.89. The summed E-state index contributed by atoms with van der Waals surface area (Å²) in [5.41, 5.74) is -0.0586. The van der Waals surface area contributed by atoms with E-state index in [-0.39, 0.29) is 40.6 Å². The molecule has 0 fully saturated rings. The van der Waals surface area contributed by atoms with Crippen molar-refractivity contribution in [2.45, 2.75) is 19.8 Å². The van der Waals surface area contributed by atoms with Gasteiger partial charge in [0.15, 0.2) is 0 Å². The summed E-state index contributed by atoms with van der Waals surface area (Å²) in [4.78, 5) is 21.0. The molecule has 7 heteroatoms. The van der Waals surface area contributed by atoms with E-state index < -0.39 is 11.1 Å². The molecule has 0 atom stereocenters. The average molecular weight is 483 g/mol. The Morgan fingerprint density at radius 1 is 1.33 bits per heavy atom. The third-order valence-electron chi connectivity index (χ3n) is 1.97. The van der Waals surface area contributed by atoms with E-state index in [1.165, 1.54) is 24.3 Å². The maximum absolute atomic E-state index is 11.1. The molecule has 1 rings (SSSR count). The maximum atomic E-state index is 11.1. The van der Waals surface area contributed by atoms with Gasteiger partial charge in [-0.1, -0.05) is 13.3 Å². The maximum Gasteiger partial charge on any atom is 0.513 e. The van der Waals surface area contributed by atoms with Crippen LogP contribution in [0, 0.1) is 39.3 Å². The number of rotatable bonds is 5. The van der Waals surface area contributed by atoms with E-state index in [2.05, 4.69) is 0 Å². The summed E-state index contributed by atoms with van der Waals surface area (Å²) < 4.78 is 9.58. The standard InChI is InChI=1S/C11H13NO5.Pu/c1-2-3-8-16-11(13)17-10-6-4-9(5-7-10)12(14)15;/h4-7H,2-3,8H2,1H3;. The molecule has 0 radical (unpaired) electrons. The van der Waals surface area contributed by atoms with E-state index in [1.807, 2.05) is 6.92 Å². The molecular formula is C11H13NO5Pu. The molecule has 0 aliphatic rings.